The van der Waals surface area contributed by atoms with Crippen molar-refractivity contribution in [2.45, 2.75) is 71.6 Å². The van der Waals surface area contributed by atoms with Crippen LogP contribution in [-0.2, 0) is 4.74 Å². The van der Waals surface area contributed by atoms with Crippen molar-refractivity contribution in [1.82, 2.24) is 0 Å². The molecule has 0 saturated heterocycles. The molecule has 2 atom stereocenters. The van der Waals surface area contributed by atoms with Gasteiger partial charge in [0.25, 0.3) is 0 Å². The van der Waals surface area contributed by atoms with Gasteiger partial charge in [0, 0.05) is 20.3 Å². The van der Waals surface area contributed by atoms with E-state index >= 15 is 0 Å². The van der Waals surface area contributed by atoms with Gasteiger partial charge >= 0.3 is 0 Å². The third-order valence-electron chi connectivity index (χ3n) is 4.32. The van der Waals surface area contributed by atoms with Crippen LogP contribution in [0, 0.1) is 5.92 Å². The standard InChI is InChI=1S/C18H30O2.C2H6O/c1-4-5-6-7-8-9-10-14(2)15(3)16-11-17(19)13-18(20)12-16;1-3-2/h11-15,19-20H,4-10H2,1-3H3;1-2H3. The Bertz CT molecular complexity index is 384. The van der Waals surface area contributed by atoms with Crippen LogP contribution >= 0.6 is 0 Å². The molecule has 1 aromatic rings. The molecule has 0 amide bonds. The van der Waals surface area contributed by atoms with Crippen molar-refractivity contribution in [3.05, 3.63) is 23.8 Å². The first-order chi connectivity index (χ1) is 11.0. The molecule has 0 saturated carbocycles. The second kappa shape index (κ2) is 13.2. The van der Waals surface area contributed by atoms with Crippen LogP contribution in [0.15, 0.2) is 18.2 Å². The van der Waals surface area contributed by atoms with Crippen molar-refractivity contribution in [2.24, 2.45) is 5.92 Å². The van der Waals surface area contributed by atoms with Crippen molar-refractivity contribution in [1.29, 1.82) is 0 Å². The Balaban J connectivity index is 0.00000149. The van der Waals surface area contributed by atoms with Gasteiger partial charge in [-0.2, -0.15) is 0 Å². The quantitative estimate of drug-likeness (QED) is 0.560. The lowest BCUT2D eigenvalue weighted by atomic mass is 9.85. The third-order valence-corrected chi connectivity index (χ3v) is 4.32. The molecule has 1 aromatic carbocycles. The number of methoxy groups -OCH3 is 1. The van der Waals surface area contributed by atoms with Gasteiger partial charge in [0.05, 0.1) is 0 Å². The Labute approximate surface area is 142 Å². The van der Waals surface area contributed by atoms with Crippen LogP contribution in [0.5, 0.6) is 11.5 Å². The normalized spacial score (nSPS) is 13.1. The molecule has 0 aromatic heterocycles. The summed E-state index contributed by atoms with van der Waals surface area (Å²) in [4.78, 5) is 0. The molecule has 23 heavy (non-hydrogen) atoms. The maximum Gasteiger partial charge on any atom is 0.119 e. The third kappa shape index (κ3) is 10.2. The molecular weight excluding hydrogens is 288 g/mol. The first-order valence-electron chi connectivity index (χ1n) is 8.89. The largest absolute Gasteiger partial charge is 0.508 e. The van der Waals surface area contributed by atoms with E-state index in [0.29, 0.717) is 11.8 Å². The Hall–Kier alpha value is -1.22. The number of hydrogen-bond acceptors (Lipinski definition) is 3. The van der Waals surface area contributed by atoms with E-state index in [-0.39, 0.29) is 11.5 Å². The van der Waals surface area contributed by atoms with Crippen LogP contribution in [-0.4, -0.2) is 24.4 Å². The molecule has 2 N–H and O–H groups in total. The highest BCUT2D eigenvalue weighted by molar-refractivity contribution is 5.38. The zero-order chi connectivity index (χ0) is 17.7. The van der Waals surface area contributed by atoms with Gasteiger partial charge in [-0.1, -0.05) is 65.7 Å². The predicted octanol–water partition coefficient (Wildman–Crippen LogP) is 5.85. The summed E-state index contributed by atoms with van der Waals surface area (Å²) in [5, 5.41) is 19.1. The van der Waals surface area contributed by atoms with Crippen LogP contribution < -0.4 is 0 Å². The smallest absolute Gasteiger partial charge is 0.119 e. The fraction of sp³-hybridized carbons (Fsp3) is 0.700. The average molecular weight is 325 g/mol. The van der Waals surface area contributed by atoms with Crippen molar-refractivity contribution in [2.75, 3.05) is 14.2 Å². The van der Waals surface area contributed by atoms with E-state index in [1.165, 1.54) is 51.0 Å². The SMILES string of the molecule is CCCCCCCCC(C)C(C)c1cc(O)cc(O)c1.COC. The first-order valence-corrected chi connectivity index (χ1v) is 8.89. The van der Waals surface area contributed by atoms with Crippen molar-refractivity contribution in [3.63, 3.8) is 0 Å². The summed E-state index contributed by atoms with van der Waals surface area (Å²) >= 11 is 0. The fourth-order valence-electron chi connectivity index (χ4n) is 2.71. The molecule has 0 radical (unpaired) electrons. The lowest BCUT2D eigenvalue weighted by Crippen LogP contribution is -2.06. The summed E-state index contributed by atoms with van der Waals surface area (Å²) in [5.74, 6) is 1.24. The molecule has 3 heteroatoms. The molecular formula is C20H36O3. The lowest BCUT2D eigenvalue weighted by Gasteiger charge is -2.20. The molecule has 0 aliphatic carbocycles. The van der Waals surface area contributed by atoms with Crippen LogP contribution in [0.1, 0.15) is 77.2 Å². The van der Waals surface area contributed by atoms with Gasteiger partial charge in [-0.15, -0.1) is 0 Å². The highest BCUT2D eigenvalue weighted by atomic mass is 16.4. The number of phenols is 2. The van der Waals surface area contributed by atoms with Crippen LogP contribution in [0.3, 0.4) is 0 Å². The van der Waals surface area contributed by atoms with E-state index in [2.05, 4.69) is 25.5 Å². The monoisotopic (exact) mass is 324 g/mol. The van der Waals surface area contributed by atoms with Gasteiger partial charge in [0.15, 0.2) is 0 Å². The van der Waals surface area contributed by atoms with Crippen LogP contribution in [0.25, 0.3) is 0 Å². The predicted molar refractivity (Wildman–Crippen MR) is 98.3 cm³/mol. The zero-order valence-corrected chi connectivity index (χ0v) is 15.6. The molecule has 134 valence electrons. The summed E-state index contributed by atoms with van der Waals surface area (Å²) in [6.07, 6.45) is 9.18. The Kier molecular flexibility index (Phi) is 12.5. The highest BCUT2D eigenvalue weighted by Crippen LogP contribution is 2.32. The topological polar surface area (TPSA) is 49.7 Å². The van der Waals surface area contributed by atoms with E-state index in [4.69, 9.17) is 0 Å². The minimum atomic E-state index is 0.151. The molecule has 0 heterocycles. The fourth-order valence-corrected chi connectivity index (χ4v) is 2.71. The maximum absolute atomic E-state index is 9.56. The van der Waals surface area contributed by atoms with Gasteiger partial charge in [0.1, 0.15) is 11.5 Å². The van der Waals surface area contributed by atoms with Gasteiger partial charge in [0.2, 0.25) is 0 Å². The number of aromatic hydroxyl groups is 2. The van der Waals surface area contributed by atoms with Gasteiger partial charge in [-0.3, -0.25) is 0 Å². The molecule has 0 aliphatic rings. The summed E-state index contributed by atoms with van der Waals surface area (Å²) in [6.45, 7) is 6.68. The zero-order valence-electron chi connectivity index (χ0n) is 15.6. The van der Waals surface area contributed by atoms with Gasteiger partial charge < -0.3 is 14.9 Å². The Morgan fingerprint density at radius 2 is 1.35 bits per heavy atom. The summed E-state index contributed by atoms with van der Waals surface area (Å²) in [5.41, 5.74) is 1.03. The minimum absolute atomic E-state index is 0.151. The molecule has 1 rings (SSSR count). The Morgan fingerprint density at radius 3 is 1.87 bits per heavy atom. The number of phenolic OH excluding ortho intramolecular Hbond substituents is 2. The highest BCUT2D eigenvalue weighted by Gasteiger charge is 2.15. The Morgan fingerprint density at radius 1 is 0.870 bits per heavy atom. The molecule has 0 aliphatic heterocycles. The molecule has 3 nitrogen and oxygen atoms in total. The van der Waals surface area contributed by atoms with Crippen molar-refractivity contribution >= 4 is 0 Å². The van der Waals surface area contributed by atoms with Crippen molar-refractivity contribution < 1.29 is 14.9 Å². The number of ether oxygens (including phenoxy) is 1. The second-order valence-corrected chi connectivity index (χ2v) is 6.51. The maximum atomic E-state index is 9.56. The molecule has 0 bridgehead atoms. The number of hydrogen-bond donors (Lipinski definition) is 2. The van der Waals surface area contributed by atoms with E-state index in [1.54, 1.807) is 26.4 Å². The number of rotatable bonds is 9. The number of unbranched alkanes of at least 4 members (excludes halogenated alkanes) is 5. The number of benzene rings is 1. The van der Waals surface area contributed by atoms with E-state index in [0.717, 1.165) is 5.56 Å². The summed E-state index contributed by atoms with van der Waals surface area (Å²) < 4.78 is 4.25. The molecule has 0 spiro atoms. The molecule has 0 fully saturated rings. The average Bonchev–Trinajstić information content (AvgIpc) is 2.49. The van der Waals surface area contributed by atoms with Crippen LogP contribution in [0.4, 0.5) is 0 Å². The molecule has 2 unspecified atom stereocenters. The van der Waals surface area contributed by atoms with Gasteiger partial charge in [-0.25, -0.2) is 0 Å². The lowest BCUT2D eigenvalue weighted by molar-refractivity contribution is 0.277. The van der Waals surface area contributed by atoms with Crippen LogP contribution in [0.2, 0.25) is 0 Å². The van der Waals surface area contributed by atoms with E-state index in [9.17, 15) is 10.2 Å². The van der Waals surface area contributed by atoms with Gasteiger partial charge in [-0.05, 0) is 29.5 Å². The minimum Gasteiger partial charge on any atom is -0.508 e. The van der Waals surface area contributed by atoms with E-state index < -0.39 is 0 Å². The van der Waals surface area contributed by atoms with Crippen molar-refractivity contribution in [3.8, 4) is 11.5 Å². The summed E-state index contributed by atoms with van der Waals surface area (Å²) in [7, 11) is 3.25. The second-order valence-electron chi connectivity index (χ2n) is 6.51. The summed E-state index contributed by atoms with van der Waals surface area (Å²) in [6, 6.07) is 4.92. The first kappa shape index (κ1) is 21.8. The van der Waals surface area contributed by atoms with E-state index in [1.807, 2.05) is 0 Å².